The van der Waals surface area contributed by atoms with Gasteiger partial charge in [0.15, 0.2) is 5.65 Å². The normalized spacial score (nSPS) is 22.6. The highest BCUT2D eigenvalue weighted by atomic mass is 35.5. The summed E-state index contributed by atoms with van der Waals surface area (Å²) in [5.74, 6) is 3.33. The van der Waals surface area contributed by atoms with Gasteiger partial charge in [0.25, 0.3) is 0 Å². The zero-order chi connectivity index (χ0) is 12.7. The Morgan fingerprint density at radius 2 is 2.28 bits per heavy atom. The van der Waals surface area contributed by atoms with Gasteiger partial charge in [-0.1, -0.05) is 6.92 Å². The Balaban J connectivity index is 2.06. The minimum atomic E-state index is 0.614. The van der Waals surface area contributed by atoms with Crippen molar-refractivity contribution < 1.29 is 0 Å². The van der Waals surface area contributed by atoms with Gasteiger partial charge < -0.3 is 4.57 Å². The number of pyridine rings is 1. The van der Waals surface area contributed by atoms with Crippen molar-refractivity contribution in [1.29, 1.82) is 0 Å². The molecule has 0 spiro atoms. The summed E-state index contributed by atoms with van der Waals surface area (Å²) < 4.78 is 2.28. The van der Waals surface area contributed by atoms with Crippen molar-refractivity contribution >= 4 is 22.8 Å². The molecule has 96 valence electrons. The molecule has 0 radical (unpaired) electrons. The minimum Gasteiger partial charge on any atom is -0.312 e. The van der Waals surface area contributed by atoms with E-state index in [2.05, 4.69) is 23.4 Å². The number of alkyl halides is 1. The molecule has 0 aromatic carbocycles. The lowest BCUT2D eigenvalue weighted by Crippen LogP contribution is -2.07. The van der Waals surface area contributed by atoms with E-state index in [-0.39, 0.29) is 0 Å². The molecule has 1 aliphatic rings. The first kappa shape index (κ1) is 12.0. The lowest BCUT2D eigenvalue weighted by Gasteiger charge is -2.07. The summed E-state index contributed by atoms with van der Waals surface area (Å²) in [5.41, 5.74) is 3.25. The molecule has 1 saturated carbocycles. The van der Waals surface area contributed by atoms with Crippen LogP contribution in [0.2, 0.25) is 0 Å². The number of aryl methyl sites for hydroxylation is 2. The smallest absolute Gasteiger partial charge is 0.160 e. The van der Waals surface area contributed by atoms with Crippen molar-refractivity contribution in [3.8, 4) is 0 Å². The highest BCUT2D eigenvalue weighted by molar-refractivity contribution is 6.17. The van der Waals surface area contributed by atoms with Gasteiger partial charge >= 0.3 is 0 Å². The predicted molar refractivity (Wildman–Crippen MR) is 74.0 cm³/mol. The number of hydrogen-bond acceptors (Lipinski definition) is 2. The molecule has 2 atom stereocenters. The van der Waals surface area contributed by atoms with E-state index in [1.54, 1.807) is 0 Å². The van der Waals surface area contributed by atoms with Crippen LogP contribution in [0.15, 0.2) is 12.3 Å². The van der Waals surface area contributed by atoms with Crippen LogP contribution in [0.25, 0.3) is 11.2 Å². The van der Waals surface area contributed by atoms with Crippen LogP contribution in [0.4, 0.5) is 0 Å². The summed E-state index contributed by atoms with van der Waals surface area (Å²) in [7, 11) is 0. The molecule has 4 heteroatoms. The maximum Gasteiger partial charge on any atom is 0.160 e. The number of imidazole rings is 1. The van der Waals surface area contributed by atoms with Crippen LogP contribution in [0.5, 0.6) is 0 Å². The quantitative estimate of drug-likeness (QED) is 0.794. The van der Waals surface area contributed by atoms with Gasteiger partial charge in [-0.2, -0.15) is 0 Å². The molecule has 1 fully saturated rings. The molecule has 3 rings (SSSR count). The summed E-state index contributed by atoms with van der Waals surface area (Å²) in [5, 5.41) is 0. The SMILES string of the molecule is Cc1ccnc2c1nc(CCCl)n2CC1CC1C. The Morgan fingerprint density at radius 1 is 1.50 bits per heavy atom. The van der Waals surface area contributed by atoms with Gasteiger partial charge in [-0.05, 0) is 36.8 Å². The van der Waals surface area contributed by atoms with E-state index >= 15 is 0 Å². The average molecular weight is 264 g/mol. The van der Waals surface area contributed by atoms with Crippen molar-refractivity contribution in [3.05, 3.63) is 23.7 Å². The fourth-order valence-electron chi connectivity index (χ4n) is 2.54. The van der Waals surface area contributed by atoms with Gasteiger partial charge in [0.1, 0.15) is 11.3 Å². The fraction of sp³-hybridized carbons (Fsp3) is 0.571. The first-order valence-electron chi connectivity index (χ1n) is 6.57. The third-order valence-electron chi connectivity index (χ3n) is 3.93. The van der Waals surface area contributed by atoms with Crippen LogP contribution < -0.4 is 0 Å². The highest BCUT2D eigenvalue weighted by Gasteiger charge is 2.33. The maximum absolute atomic E-state index is 5.88. The second kappa shape index (κ2) is 4.54. The number of rotatable bonds is 4. The number of hydrogen-bond donors (Lipinski definition) is 0. The van der Waals surface area contributed by atoms with E-state index in [1.165, 1.54) is 12.0 Å². The summed E-state index contributed by atoms with van der Waals surface area (Å²) in [6, 6.07) is 2.02. The Labute approximate surface area is 112 Å². The molecule has 2 aromatic heterocycles. The largest absolute Gasteiger partial charge is 0.312 e. The van der Waals surface area contributed by atoms with E-state index in [4.69, 9.17) is 16.6 Å². The molecule has 2 heterocycles. The number of fused-ring (bicyclic) bond motifs is 1. The monoisotopic (exact) mass is 263 g/mol. The third-order valence-corrected chi connectivity index (χ3v) is 4.12. The van der Waals surface area contributed by atoms with Crippen LogP contribution in [0, 0.1) is 18.8 Å². The van der Waals surface area contributed by atoms with Crippen LogP contribution in [-0.2, 0) is 13.0 Å². The molecule has 2 unspecified atom stereocenters. The molecular formula is C14H18ClN3. The molecule has 0 aliphatic heterocycles. The van der Waals surface area contributed by atoms with Gasteiger partial charge in [-0.3, -0.25) is 0 Å². The summed E-state index contributed by atoms with van der Waals surface area (Å²) in [6.45, 7) is 5.44. The standard InChI is InChI=1S/C14H18ClN3/c1-9-4-6-16-14-13(9)17-12(3-5-15)18(14)8-11-7-10(11)2/h4,6,10-11H,3,5,7-8H2,1-2H3. The summed E-state index contributed by atoms with van der Waals surface area (Å²) in [6.07, 6.45) is 4.01. The van der Waals surface area contributed by atoms with E-state index in [0.717, 1.165) is 41.8 Å². The molecule has 18 heavy (non-hydrogen) atoms. The van der Waals surface area contributed by atoms with Crippen LogP contribution in [-0.4, -0.2) is 20.4 Å². The van der Waals surface area contributed by atoms with Crippen molar-refractivity contribution in [1.82, 2.24) is 14.5 Å². The fourth-order valence-corrected chi connectivity index (χ4v) is 2.71. The van der Waals surface area contributed by atoms with Crippen molar-refractivity contribution in [2.24, 2.45) is 11.8 Å². The first-order chi connectivity index (χ1) is 8.70. The maximum atomic E-state index is 5.88. The Bertz CT molecular complexity index is 576. The second-order valence-corrected chi connectivity index (χ2v) is 5.73. The van der Waals surface area contributed by atoms with Gasteiger partial charge in [-0.15, -0.1) is 11.6 Å². The topological polar surface area (TPSA) is 30.7 Å². The first-order valence-corrected chi connectivity index (χ1v) is 7.11. The number of nitrogens with zero attached hydrogens (tertiary/aromatic N) is 3. The van der Waals surface area contributed by atoms with E-state index < -0.39 is 0 Å². The number of aromatic nitrogens is 3. The third kappa shape index (κ3) is 2.01. The molecule has 0 saturated heterocycles. The van der Waals surface area contributed by atoms with Crippen LogP contribution >= 0.6 is 11.6 Å². The highest BCUT2D eigenvalue weighted by Crippen LogP contribution is 2.39. The summed E-state index contributed by atoms with van der Waals surface area (Å²) >= 11 is 5.88. The van der Waals surface area contributed by atoms with Crippen molar-refractivity contribution in [3.63, 3.8) is 0 Å². The Hall–Kier alpha value is -1.09. The van der Waals surface area contributed by atoms with Crippen LogP contribution in [0.1, 0.15) is 24.7 Å². The minimum absolute atomic E-state index is 0.614. The van der Waals surface area contributed by atoms with E-state index in [0.29, 0.717) is 5.88 Å². The van der Waals surface area contributed by atoms with Crippen LogP contribution in [0.3, 0.4) is 0 Å². The summed E-state index contributed by atoms with van der Waals surface area (Å²) in [4.78, 5) is 9.23. The molecule has 1 aliphatic carbocycles. The Morgan fingerprint density at radius 3 is 2.94 bits per heavy atom. The molecule has 2 aromatic rings. The van der Waals surface area contributed by atoms with Gasteiger partial charge in [0.05, 0.1) is 0 Å². The zero-order valence-electron chi connectivity index (χ0n) is 10.9. The van der Waals surface area contributed by atoms with E-state index in [9.17, 15) is 0 Å². The van der Waals surface area contributed by atoms with E-state index in [1.807, 2.05) is 12.3 Å². The van der Waals surface area contributed by atoms with Gasteiger partial charge in [-0.25, -0.2) is 9.97 Å². The van der Waals surface area contributed by atoms with Gasteiger partial charge in [0, 0.05) is 25.0 Å². The molecular weight excluding hydrogens is 246 g/mol. The molecule has 3 nitrogen and oxygen atoms in total. The molecule has 0 N–H and O–H groups in total. The lowest BCUT2D eigenvalue weighted by molar-refractivity contribution is 0.582. The molecule has 0 amide bonds. The van der Waals surface area contributed by atoms with Crippen molar-refractivity contribution in [2.45, 2.75) is 33.2 Å². The number of halogens is 1. The van der Waals surface area contributed by atoms with Gasteiger partial charge in [0.2, 0.25) is 0 Å². The lowest BCUT2D eigenvalue weighted by atomic mass is 10.3. The Kier molecular flexibility index (Phi) is 3.02. The van der Waals surface area contributed by atoms with Crippen molar-refractivity contribution in [2.75, 3.05) is 5.88 Å². The molecule has 0 bridgehead atoms. The predicted octanol–water partition coefficient (Wildman–Crippen LogP) is 3.18. The second-order valence-electron chi connectivity index (χ2n) is 5.35. The zero-order valence-corrected chi connectivity index (χ0v) is 11.6. The average Bonchev–Trinajstić information content (AvgIpc) is 2.92.